The Balaban J connectivity index is 1.75. The first kappa shape index (κ1) is 17.4. The second-order valence-corrected chi connectivity index (χ2v) is 6.22. The van der Waals surface area contributed by atoms with Crippen molar-refractivity contribution in [2.24, 2.45) is 0 Å². The number of hydrogen-bond donors (Lipinski definition) is 1. The molecule has 25 heavy (non-hydrogen) atoms. The van der Waals surface area contributed by atoms with E-state index in [0.717, 1.165) is 6.42 Å². The van der Waals surface area contributed by atoms with Crippen molar-refractivity contribution in [2.45, 2.75) is 32.3 Å². The molecule has 0 bridgehead atoms. The molecule has 0 amide bonds. The molecule has 1 N–H and O–H groups in total. The molecule has 1 atom stereocenters. The molecule has 3 rings (SSSR count). The monoisotopic (exact) mass is 341 g/mol. The lowest BCUT2D eigenvalue weighted by Crippen LogP contribution is -2.39. The summed E-state index contributed by atoms with van der Waals surface area (Å²) in [6.07, 6.45) is 4.18. The fourth-order valence-corrected chi connectivity index (χ4v) is 3.13. The van der Waals surface area contributed by atoms with Crippen LogP contribution in [0.1, 0.15) is 30.5 Å². The highest BCUT2D eigenvalue weighted by atomic mass is 16.5. The summed E-state index contributed by atoms with van der Waals surface area (Å²) in [5.74, 6) is 0.349. The molecule has 0 saturated carbocycles. The summed E-state index contributed by atoms with van der Waals surface area (Å²) in [6, 6.07) is 8.34. The summed E-state index contributed by atoms with van der Waals surface area (Å²) in [5.41, 5.74) is 2.77. The molecule has 0 radical (unpaired) electrons. The molecule has 1 aliphatic heterocycles. The summed E-state index contributed by atoms with van der Waals surface area (Å²) in [5, 5.41) is 3.33. The molecule has 0 fully saturated rings. The third kappa shape index (κ3) is 3.96. The van der Waals surface area contributed by atoms with E-state index in [0.29, 0.717) is 31.1 Å². The van der Waals surface area contributed by atoms with Crippen LogP contribution in [0.25, 0.3) is 0 Å². The molecule has 2 aromatic rings. The molecule has 1 unspecified atom stereocenters. The fourth-order valence-electron chi connectivity index (χ4n) is 3.13. The van der Waals surface area contributed by atoms with Crippen LogP contribution in [0.15, 0.2) is 36.8 Å². The molecule has 132 valence electrons. The number of ether oxygens (including phenoxy) is 2. The minimum absolute atomic E-state index is 0.144. The van der Waals surface area contributed by atoms with Gasteiger partial charge in [0.05, 0.1) is 19.6 Å². The van der Waals surface area contributed by atoms with Crippen molar-refractivity contribution in [1.82, 2.24) is 9.97 Å². The Labute approximate surface area is 147 Å². The first-order valence-electron chi connectivity index (χ1n) is 8.53. The number of anilines is 1. The van der Waals surface area contributed by atoms with Gasteiger partial charge in [-0.15, -0.1) is 0 Å². The van der Waals surface area contributed by atoms with Gasteiger partial charge in [0, 0.05) is 18.3 Å². The zero-order chi connectivity index (χ0) is 17.7. The Kier molecular flexibility index (Phi) is 5.28. The third-order valence-corrected chi connectivity index (χ3v) is 4.40. The number of aromatic nitrogens is 2. The number of benzene rings is 1. The molecular weight excluding hydrogens is 318 g/mol. The van der Waals surface area contributed by atoms with Crippen molar-refractivity contribution in [1.29, 1.82) is 0 Å². The van der Waals surface area contributed by atoms with E-state index < -0.39 is 5.60 Å². The summed E-state index contributed by atoms with van der Waals surface area (Å²) < 4.78 is 11.1. The summed E-state index contributed by atoms with van der Waals surface area (Å²) >= 11 is 0. The maximum atomic E-state index is 11.8. The molecule has 0 spiro atoms. The highest BCUT2D eigenvalue weighted by Crippen LogP contribution is 2.33. The van der Waals surface area contributed by atoms with Crippen LogP contribution >= 0.6 is 0 Å². The van der Waals surface area contributed by atoms with Crippen molar-refractivity contribution >= 4 is 11.8 Å². The number of hydrogen-bond acceptors (Lipinski definition) is 6. The third-order valence-electron chi connectivity index (χ3n) is 4.40. The highest BCUT2D eigenvalue weighted by molar-refractivity contribution is 5.74. The van der Waals surface area contributed by atoms with Crippen LogP contribution in [0.5, 0.6) is 0 Å². The van der Waals surface area contributed by atoms with Gasteiger partial charge < -0.3 is 14.8 Å². The Morgan fingerprint density at radius 2 is 2.24 bits per heavy atom. The smallest absolute Gasteiger partial charge is 0.310 e. The second-order valence-electron chi connectivity index (χ2n) is 6.22. The maximum absolute atomic E-state index is 11.8. The Morgan fingerprint density at radius 1 is 1.40 bits per heavy atom. The predicted octanol–water partition coefficient (Wildman–Crippen LogP) is 2.48. The zero-order valence-corrected chi connectivity index (χ0v) is 14.6. The molecule has 6 heteroatoms. The second kappa shape index (κ2) is 7.61. The van der Waals surface area contributed by atoms with E-state index in [4.69, 9.17) is 9.47 Å². The number of fused-ring (bicyclic) bond motifs is 1. The van der Waals surface area contributed by atoms with Crippen molar-refractivity contribution in [3.05, 3.63) is 53.5 Å². The molecule has 1 aromatic carbocycles. The predicted molar refractivity (Wildman–Crippen MR) is 94.3 cm³/mol. The topological polar surface area (TPSA) is 73.3 Å². The van der Waals surface area contributed by atoms with Gasteiger partial charge in [0.25, 0.3) is 0 Å². The number of nitrogens with zero attached hydrogens (tertiary/aromatic N) is 2. The van der Waals surface area contributed by atoms with E-state index in [1.807, 2.05) is 6.07 Å². The van der Waals surface area contributed by atoms with Gasteiger partial charge in [-0.1, -0.05) is 24.3 Å². The van der Waals surface area contributed by atoms with Crippen molar-refractivity contribution in [3.63, 3.8) is 0 Å². The molecule has 1 aromatic heterocycles. The summed E-state index contributed by atoms with van der Waals surface area (Å²) in [4.78, 5) is 20.1. The quantitative estimate of drug-likeness (QED) is 0.814. The molecule has 1 aliphatic rings. The van der Waals surface area contributed by atoms with Crippen molar-refractivity contribution in [2.75, 3.05) is 25.1 Å². The van der Waals surface area contributed by atoms with Crippen LogP contribution < -0.4 is 5.32 Å². The normalized spacial score (nSPS) is 19.1. The first-order chi connectivity index (χ1) is 12.1. The molecule has 0 aliphatic carbocycles. The molecule has 6 nitrogen and oxygen atoms in total. The minimum Gasteiger partial charge on any atom is -0.466 e. The van der Waals surface area contributed by atoms with Crippen molar-refractivity contribution in [3.8, 4) is 0 Å². The van der Waals surface area contributed by atoms with Crippen LogP contribution in [0.4, 0.5) is 5.82 Å². The van der Waals surface area contributed by atoms with Crippen LogP contribution in [0.3, 0.4) is 0 Å². The van der Waals surface area contributed by atoms with E-state index in [1.54, 1.807) is 13.1 Å². The highest BCUT2D eigenvalue weighted by Gasteiger charge is 2.33. The van der Waals surface area contributed by atoms with Gasteiger partial charge in [-0.3, -0.25) is 4.79 Å². The van der Waals surface area contributed by atoms with E-state index in [-0.39, 0.29) is 12.4 Å². The Hall–Kier alpha value is -2.47. The van der Waals surface area contributed by atoms with Crippen LogP contribution in [0.2, 0.25) is 0 Å². The summed E-state index contributed by atoms with van der Waals surface area (Å²) in [6.45, 7) is 5.46. The van der Waals surface area contributed by atoms with Crippen LogP contribution in [-0.2, 0) is 32.7 Å². The van der Waals surface area contributed by atoms with Crippen LogP contribution in [-0.4, -0.2) is 35.7 Å². The van der Waals surface area contributed by atoms with Gasteiger partial charge in [0.2, 0.25) is 0 Å². The van der Waals surface area contributed by atoms with Gasteiger partial charge in [-0.25, -0.2) is 9.97 Å². The number of esters is 1. The van der Waals surface area contributed by atoms with Gasteiger partial charge >= 0.3 is 5.97 Å². The number of carbonyl (C=O) groups is 1. The van der Waals surface area contributed by atoms with E-state index in [2.05, 4.69) is 40.4 Å². The lowest BCUT2D eigenvalue weighted by atomic mass is 9.87. The van der Waals surface area contributed by atoms with Crippen LogP contribution in [0, 0.1) is 0 Å². The Bertz CT molecular complexity index is 750. The number of carbonyl (C=O) groups excluding carboxylic acids is 1. The average Bonchev–Trinajstić information content (AvgIpc) is 2.62. The van der Waals surface area contributed by atoms with E-state index in [1.165, 1.54) is 17.5 Å². The minimum atomic E-state index is -0.443. The Morgan fingerprint density at radius 3 is 3.08 bits per heavy atom. The van der Waals surface area contributed by atoms with Gasteiger partial charge in [0.1, 0.15) is 17.7 Å². The molecule has 2 heterocycles. The summed E-state index contributed by atoms with van der Waals surface area (Å²) in [7, 11) is 0. The number of rotatable bonds is 6. The maximum Gasteiger partial charge on any atom is 0.310 e. The van der Waals surface area contributed by atoms with E-state index >= 15 is 0 Å². The van der Waals surface area contributed by atoms with Gasteiger partial charge in [-0.2, -0.15) is 0 Å². The zero-order valence-electron chi connectivity index (χ0n) is 14.6. The van der Waals surface area contributed by atoms with Crippen molar-refractivity contribution < 1.29 is 14.3 Å². The lowest BCUT2D eigenvalue weighted by Gasteiger charge is -2.36. The molecule has 0 saturated heterocycles. The van der Waals surface area contributed by atoms with Gasteiger partial charge in [0.15, 0.2) is 0 Å². The average molecular weight is 341 g/mol. The standard InChI is InChI=1S/C19H23N3O3/c1-3-24-17(23)10-15-11-20-13-22-18(15)21-12-19(2)16-7-5-4-6-14(16)8-9-25-19/h4-7,11,13H,3,8-10,12H2,1-2H3,(H,20,21,22). The molecular formula is C19H23N3O3. The largest absolute Gasteiger partial charge is 0.466 e. The number of nitrogens with one attached hydrogen (secondary N) is 1. The fraction of sp³-hybridized carbons (Fsp3) is 0.421. The first-order valence-corrected chi connectivity index (χ1v) is 8.53. The SMILES string of the molecule is CCOC(=O)Cc1cncnc1NCC1(C)OCCc2ccccc21. The van der Waals surface area contributed by atoms with E-state index in [9.17, 15) is 4.79 Å². The lowest BCUT2D eigenvalue weighted by molar-refractivity contribution is -0.142. The van der Waals surface area contributed by atoms with Gasteiger partial charge in [-0.05, 0) is 31.4 Å².